The molecule has 4 aliphatic rings. The molecule has 4 aromatic heterocycles. The van der Waals surface area contributed by atoms with Crippen LogP contribution in [-0.4, -0.2) is 60.0 Å². The van der Waals surface area contributed by atoms with Gasteiger partial charge in [-0.3, -0.25) is 0 Å². The molecule has 4 fully saturated rings. The van der Waals surface area contributed by atoms with Crippen molar-refractivity contribution in [2.45, 2.75) is 115 Å². The summed E-state index contributed by atoms with van der Waals surface area (Å²) < 4.78 is 9.00. The van der Waals surface area contributed by atoms with E-state index in [-0.39, 0.29) is 12.1 Å². The van der Waals surface area contributed by atoms with Crippen LogP contribution < -0.4 is 11.5 Å². The first kappa shape index (κ1) is 41.0. The van der Waals surface area contributed by atoms with E-state index >= 15 is 0 Å². The van der Waals surface area contributed by atoms with Crippen molar-refractivity contribution >= 4 is 55.6 Å². The molecule has 4 saturated carbocycles. The second-order valence-electron chi connectivity index (χ2n) is 17.4. The Kier molecular flexibility index (Phi) is 11.4. The summed E-state index contributed by atoms with van der Waals surface area (Å²) in [5, 5.41) is 23.9. The highest BCUT2D eigenvalue weighted by molar-refractivity contribution is 6.01. The van der Waals surface area contributed by atoms with Crippen molar-refractivity contribution in [3.63, 3.8) is 0 Å². The topological polar surface area (TPSA) is 188 Å². The van der Waals surface area contributed by atoms with Crippen molar-refractivity contribution in [3.05, 3.63) is 120 Å². The van der Waals surface area contributed by atoms with Crippen molar-refractivity contribution in [2.24, 2.45) is 21.8 Å². The first-order chi connectivity index (χ1) is 30.1. The highest BCUT2D eigenvalue weighted by atomic mass is 16.4. The van der Waals surface area contributed by atoms with E-state index in [1.807, 2.05) is 75.6 Å². The van der Waals surface area contributed by atoms with Gasteiger partial charge < -0.3 is 40.2 Å². The maximum absolute atomic E-state index is 8.77. The van der Waals surface area contributed by atoms with E-state index < -0.39 is 0 Å². The van der Waals surface area contributed by atoms with Crippen LogP contribution >= 0.6 is 0 Å². The Labute approximate surface area is 360 Å². The van der Waals surface area contributed by atoms with Gasteiger partial charge in [-0.15, -0.1) is 0 Å². The normalized spacial score (nSPS) is 17.6. The summed E-state index contributed by atoms with van der Waals surface area (Å²) >= 11 is 0. The second-order valence-corrected chi connectivity index (χ2v) is 17.4. The van der Waals surface area contributed by atoms with Crippen LogP contribution in [0.5, 0.6) is 0 Å². The summed E-state index contributed by atoms with van der Waals surface area (Å²) in [4.78, 5) is 17.6. The van der Waals surface area contributed by atoms with Gasteiger partial charge in [0.1, 0.15) is 0 Å². The molecule has 2 atom stereocenters. The quantitative estimate of drug-likeness (QED) is 0.0661. The Hall–Kier alpha value is -6.38. The van der Waals surface area contributed by atoms with E-state index in [2.05, 4.69) is 84.9 Å². The summed E-state index contributed by atoms with van der Waals surface area (Å²) in [6, 6.07) is 27.4. The van der Waals surface area contributed by atoms with Gasteiger partial charge in [-0.25, -0.2) is 19.9 Å². The van der Waals surface area contributed by atoms with Gasteiger partial charge in [-0.05, 0) is 139 Å². The van der Waals surface area contributed by atoms with Gasteiger partial charge in [0, 0.05) is 47.4 Å². The van der Waals surface area contributed by atoms with Gasteiger partial charge in [0.2, 0.25) is 0 Å². The van der Waals surface area contributed by atoms with E-state index in [9.17, 15) is 0 Å². The fourth-order valence-corrected chi connectivity index (χ4v) is 7.86. The van der Waals surface area contributed by atoms with Crippen LogP contribution in [0.4, 0.5) is 0 Å². The molecule has 62 heavy (non-hydrogen) atoms. The summed E-state index contributed by atoms with van der Waals surface area (Å²) in [7, 11) is 0. The van der Waals surface area contributed by atoms with Crippen LogP contribution in [0.25, 0.3) is 44.1 Å². The molecular formula is C48H56N12O2. The van der Waals surface area contributed by atoms with Gasteiger partial charge in [0.15, 0.2) is 0 Å². The molecule has 4 aliphatic carbocycles. The lowest BCUT2D eigenvalue weighted by atomic mass is 10.1. The van der Waals surface area contributed by atoms with Crippen LogP contribution in [0.3, 0.4) is 0 Å². The van der Waals surface area contributed by atoms with Gasteiger partial charge in [-0.1, -0.05) is 34.6 Å². The third kappa shape index (κ3) is 8.84. The first-order valence-electron chi connectivity index (χ1n) is 21.9. The summed E-state index contributed by atoms with van der Waals surface area (Å²) in [5.41, 5.74) is 26.0. The van der Waals surface area contributed by atoms with Crippen molar-refractivity contribution in [3.8, 4) is 0 Å². The predicted molar refractivity (Wildman–Crippen MR) is 245 cm³/mol. The monoisotopic (exact) mass is 832 g/mol. The van der Waals surface area contributed by atoms with E-state index in [0.29, 0.717) is 35.6 Å². The SMILES string of the molecule is C/C(=N/O)c1ccc2c(c1)ncn2C1CC1.C/C(=N/O)c1ccc2ncn(C3CC3)c2c1.CC(N)c1ccc2c(c1)ncn2C1CC1.CC(N)c1ccc2ncn(C3CC3)c2c1. The minimum Gasteiger partial charge on any atom is -0.411 e. The number of oxime groups is 2. The Morgan fingerprint density at radius 1 is 0.484 bits per heavy atom. The number of imidazole rings is 4. The van der Waals surface area contributed by atoms with Crippen molar-refractivity contribution in [2.75, 3.05) is 0 Å². The molecule has 4 heterocycles. The fourth-order valence-electron chi connectivity index (χ4n) is 7.86. The minimum atomic E-state index is 0.0838. The molecule has 4 aromatic carbocycles. The van der Waals surface area contributed by atoms with Crippen LogP contribution in [0.1, 0.15) is 138 Å². The molecule has 0 radical (unpaired) electrons. The summed E-state index contributed by atoms with van der Waals surface area (Å²) in [6.07, 6.45) is 17.8. The Balaban J connectivity index is 0.000000105. The molecule has 14 heteroatoms. The largest absolute Gasteiger partial charge is 0.411 e. The average molecular weight is 833 g/mol. The molecule has 0 bridgehead atoms. The molecule has 0 spiro atoms. The third-order valence-electron chi connectivity index (χ3n) is 12.3. The number of aromatic nitrogens is 8. The number of hydrogen-bond donors (Lipinski definition) is 4. The molecule has 14 nitrogen and oxygen atoms in total. The molecule has 0 saturated heterocycles. The van der Waals surface area contributed by atoms with E-state index in [1.54, 1.807) is 13.8 Å². The molecule has 2 unspecified atom stereocenters. The van der Waals surface area contributed by atoms with Gasteiger partial charge in [0.05, 0.1) is 80.9 Å². The molecule has 320 valence electrons. The first-order valence-corrected chi connectivity index (χ1v) is 21.9. The van der Waals surface area contributed by atoms with Gasteiger partial charge in [-0.2, -0.15) is 0 Å². The second kappa shape index (κ2) is 17.2. The number of benzene rings is 4. The van der Waals surface area contributed by atoms with Crippen molar-refractivity contribution < 1.29 is 10.4 Å². The smallest absolute Gasteiger partial charge is 0.0960 e. The zero-order chi connectivity index (χ0) is 43.1. The van der Waals surface area contributed by atoms with Gasteiger partial charge in [0.25, 0.3) is 0 Å². The maximum Gasteiger partial charge on any atom is 0.0960 e. The van der Waals surface area contributed by atoms with E-state index in [4.69, 9.17) is 21.9 Å². The Morgan fingerprint density at radius 3 is 1.31 bits per heavy atom. The highest BCUT2D eigenvalue weighted by Gasteiger charge is 2.27. The maximum atomic E-state index is 8.77. The Morgan fingerprint density at radius 2 is 0.839 bits per heavy atom. The lowest BCUT2D eigenvalue weighted by molar-refractivity contribution is 0.319. The van der Waals surface area contributed by atoms with Crippen LogP contribution in [0.15, 0.2) is 108 Å². The highest BCUT2D eigenvalue weighted by Crippen LogP contribution is 2.40. The molecule has 0 amide bonds. The number of fused-ring (bicyclic) bond motifs is 4. The number of hydrogen-bond acceptors (Lipinski definition) is 10. The van der Waals surface area contributed by atoms with E-state index in [1.165, 1.54) is 68.0 Å². The molecule has 0 aliphatic heterocycles. The third-order valence-corrected chi connectivity index (χ3v) is 12.3. The fraction of sp³-hybridized carbons (Fsp3) is 0.375. The minimum absolute atomic E-state index is 0.0838. The molecule has 6 N–H and O–H groups in total. The number of rotatable bonds is 8. The lowest BCUT2D eigenvalue weighted by Gasteiger charge is -2.06. The van der Waals surface area contributed by atoms with Crippen LogP contribution in [0.2, 0.25) is 0 Å². The Bertz CT molecular complexity index is 2920. The lowest BCUT2D eigenvalue weighted by Crippen LogP contribution is -2.04. The van der Waals surface area contributed by atoms with E-state index in [0.717, 1.165) is 49.8 Å². The summed E-state index contributed by atoms with van der Waals surface area (Å²) in [5.74, 6) is 0. The number of nitrogens with two attached hydrogens (primary N) is 2. The van der Waals surface area contributed by atoms with Gasteiger partial charge >= 0.3 is 0 Å². The average Bonchev–Trinajstić information content (AvgIpc) is 4.13. The molecule has 12 rings (SSSR count). The zero-order valence-electron chi connectivity index (χ0n) is 35.9. The zero-order valence-corrected chi connectivity index (χ0v) is 35.9. The summed E-state index contributed by atoms with van der Waals surface area (Å²) in [6.45, 7) is 7.58. The van der Waals surface area contributed by atoms with Crippen molar-refractivity contribution in [1.82, 2.24) is 38.2 Å². The molecule has 8 aromatic rings. The van der Waals surface area contributed by atoms with Crippen molar-refractivity contribution in [1.29, 1.82) is 0 Å². The van der Waals surface area contributed by atoms with Crippen LogP contribution in [0, 0.1) is 0 Å². The predicted octanol–water partition coefficient (Wildman–Crippen LogP) is 9.92. The number of nitrogens with zero attached hydrogens (tertiary/aromatic N) is 10. The molecular weight excluding hydrogens is 777 g/mol. The standard InChI is InChI=1S/2C12H13N3O.2C12H15N3/c1-8(14-16)9-2-5-12-11(6-9)13-7-15(12)10-3-4-10;1-8(14-16)9-2-5-11-12(6-9)15(7-13-11)10-3-4-10;1-8(13)9-2-5-12-11(6-9)14-7-15(12)10-3-4-10;1-8(13)9-2-5-11-12(6-9)15(7-14-11)10-3-4-10/h2*2,5-7,10,16H,3-4H2,1H3;2*2,5-8,10H,3-4,13H2,1H3/b2*14-8-;;. The van der Waals surface area contributed by atoms with Crippen LogP contribution in [-0.2, 0) is 0 Å².